The minimum atomic E-state index is -4.85. The van der Waals surface area contributed by atoms with Crippen LogP contribution in [0.25, 0.3) is 5.69 Å². The Bertz CT molecular complexity index is 960. The minimum Gasteiger partial charge on any atom is -0.406 e. The molecule has 2 rings (SSSR count). The van der Waals surface area contributed by atoms with E-state index in [4.69, 9.17) is 0 Å². The van der Waals surface area contributed by atoms with E-state index in [9.17, 15) is 27.6 Å². The zero-order valence-corrected chi connectivity index (χ0v) is 13.9. The summed E-state index contributed by atoms with van der Waals surface area (Å²) in [7, 11) is 1.21. The first-order valence-electron chi connectivity index (χ1n) is 7.15. The van der Waals surface area contributed by atoms with Gasteiger partial charge in [0.1, 0.15) is 5.75 Å². The Morgan fingerprint density at radius 1 is 0.880 bits per heavy atom. The van der Waals surface area contributed by atoms with Gasteiger partial charge in [-0.2, -0.15) is 0 Å². The molecule has 7 nitrogen and oxygen atoms in total. The van der Waals surface area contributed by atoms with Gasteiger partial charge in [-0.1, -0.05) is 0 Å². The van der Waals surface area contributed by atoms with Gasteiger partial charge in [-0.05, 0) is 45.0 Å². The first kappa shape index (κ1) is 18.6. The van der Waals surface area contributed by atoms with Crippen LogP contribution in [0.2, 0.25) is 0 Å². The van der Waals surface area contributed by atoms with Gasteiger partial charge in [-0.3, -0.25) is 0 Å². The summed E-state index contributed by atoms with van der Waals surface area (Å²) in [4.78, 5) is 37.1. The number of hydrogen-bond donors (Lipinski definition) is 0. The van der Waals surface area contributed by atoms with Crippen LogP contribution in [0.5, 0.6) is 5.75 Å². The lowest BCUT2D eigenvalue weighted by Gasteiger charge is -2.22. The van der Waals surface area contributed by atoms with Gasteiger partial charge in [0.15, 0.2) is 0 Å². The molecule has 136 valence electrons. The molecule has 0 aliphatic rings. The molecular formula is C15H16F3N3O4. The predicted octanol–water partition coefficient (Wildman–Crippen LogP) is 1.35. The van der Waals surface area contributed by atoms with Crippen molar-refractivity contribution in [2.45, 2.75) is 32.7 Å². The molecule has 0 unspecified atom stereocenters. The number of rotatable bonds is 2. The van der Waals surface area contributed by atoms with Crippen LogP contribution in [0.1, 0.15) is 20.8 Å². The van der Waals surface area contributed by atoms with E-state index in [2.05, 4.69) is 4.74 Å². The molecule has 0 bridgehead atoms. The number of ether oxygens (including phenoxy) is 1. The second kappa shape index (κ2) is 5.94. The number of alkyl halides is 3. The maximum absolute atomic E-state index is 12.6. The van der Waals surface area contributed by atoms with Gasteiger partial charge >= 0.3 is 23.4 Å². The van der Waals surface area contributed by atoms with Crippen LogP contribution < -0.4 is 21.8 Å². The lowest BCUT2D eigenvalue weighted by Crippen LogP contribution is -2.57. The quantitative estimate of drug-likeness (QED) is 0.811. The SMILES string of the molecule is Cn1c(=O)n(-c2ccc(OC(F)(F)F)cc2)c(=O)n(C(C)(C)C)c1=O. The summed E-state index contributed by atoms with van der Waals surface area (Å²) in [5.74, 6) is -0.495. The van der Waals surface area contributed by atoms with Crippen LogP contribution in [0.3, 0.4) is 0 Å². The third-order valence-electron chi connectivity index (χ3n) is 3.34. The molecule has 0 spiro atoms. The Morgan fingerprint density at radius 3 is 1.84 bits per heavy atom. The van der Waals surface area contributed by atoms with E-state index in [0.717, 1.165) is 33.4 Å². The normalized spacial score (nSPS) is 12.3. The van der Waals surface area contributed by atoms with Crippen LogP contribution >= 0.6 is 0 Å². The highest BCUT2D eigenvalue weighted by molar-refractivity contribution is 5.37. The second-order valence-electron chi connectivity index (χ2n) is 6.29. The Balaban J connectivity index is 2.69. The fourth-order valence-corrected chi connectivity index (χ4v) is 2.24. The molecule has 0 aliphatic heterocycles. The first-order chi connectivity index (χ1) is 11.3. The van der Waals surface area contributed by atoms with Crippen molar-refractivity contribution in [2.24, 2.45) is 7.05 Å². The van der Waals surface area contributed by atoms with E-state index in [1.165, 1.54) is 7.05 Å². The molecule has 1 aromatic carbocycles. The van der Waals surface area contributed by atoms with Crippen LogP contribution in [0.4, 0.5) is 13.2 Å². The van der Waals surface area contributed by atoms with E-state index in [-0.39, 0.29) is 5.69 Å². The number of benzene rings is 1. The van der Waals surface area contributed by atoms with Gasteiger partial charge in [0.2, 0.25) is 0 Å². The molecule has 0 saturated carbocycles. The molecule has 25 heavy (non-hydrogen) atoms. The molecule has 1 aromatic heterocycles. The number of hydrogen-bond acceptors (Lipinski definition) is 4. The largest absolute Gasteiger partial charge is 0.573 e. The molecule has 2 aromatic rings. The molecule has 0 aliphatic carbocycles. The fraction of sp³-hybridized carbons (Fsp3) is 0.400. The summed E-state index contributed by atoms with van der Waals surface area (Å²) in [5.41, 5.74) is -3.46. The topological polar surface area (TPSA) is 75.2 Å². The summed E-state index contributed by atoms with van der Waals surface area (Å²) in [6, 6.07) is 4.20. The highest BCUT2D eigenvalue weighted by Gasteiger charge is 2.31. The maximum atomic E-state index is 12.6. The van der Waals surface area contributed by atoms with E-state index in [1.807, 2.05) is 0 Å². The molecule has 0 fully saturated rings. The standard InChI is InChI=1S/C15H16F3N3O4/c1-14(2,3)21-12(23)19(4)11(22)20(13(21)24)9-5-7-10(8-6-9)25-15(16,17)18/h5-8H,1-4H3. The zero-order chi connectivity index (χ0) is 19.2. The molecule has 0 saturated heterocycles. The molecular weight excluding hydrogens is 343 g/mol. The Morgan fingerprint density at radius 2 is 1.40 bits per heavy atom. The number of nitrogens with zero attached hydrogens (tertiary/aromatic N) is 3. The highest BCUT2D eigenvalue weighted by Crippen LogP contribution is 2.23. The van der Waals surface area contributed by atoms with Gasteiger partial charge in [0, 0.05) is 12.6 Å². The van der Waals surface area contributed by atoms with Crippen molar-refractivity contribution in [1.82, 2.24) is 13.7 Å². The summed E-state index contributed by atoms with van der Waals surface area (Å²) in [6.45, 7) is 4.85. The van der Waals surface area contributed by atoms with E-state index < -0.39 is 34.7 Å². The molecule has 0 amide bonds. The summed E-state index contributed by atoms with van der Waals surface area (Å²) >= 11 is 0. The predicted molar refractivity (Wildman–Crippen MR) is 83.2 cm³/mol. The van der Waals surface area contributed by atoms with Crippen molar-refractivity contribution in [1.29, 1.82) is 0 Å². The summed E-state index contributed by atoms with van der Waals surface area (Å²) in [6.07, 6.45) is -4.85. The zero-order valence-electron chi connectivity index (χ0n) is 13.9. The lowest BCUT2D eigenvalue weighted by molar-refractivity contribution is -0.274. The molecule has 0 N–H and O–H groups in total. The van der Waals surface area contributed by atoms with E-state index in [1.54, 1.807) is 20.8 Å². The number of halogens is 3. The third kappa shape index (κ3) is 3.67. The van der Waals surface area contributed by atoms with Crippen molar-refractivity contribution >= 4 is 0 Å². The average Bonchev–Trinajstić information content (AvgIpc) is 2.44. The lowest BCUT2D eigenvalue weighted by atomic mass is 10.1. The highest BCUT2D eigenvalue weighted by atomic mass is 19.4. The third-order valence-corrected chi connectivity index (χ3v) is 3.34. The van der Waals surface area contributed by atoms with Crippen molar-refractivity contribution in [3.63, 3.8) is 0 Å². The van der Waals surface area contributed by atoms with Crippen LogP contribution in [-0.4, -0.2) is 20.1 Å². The number of aromatic nitrogens is 3. The van der Waals surface area contributed by atoms with Gasteiger partial charge in [-0.15, -0.1) is 13.2 Å². The van der Waals surface area contributed by atoms with Crippen molar-refractivity contribution in [3.05, 3.63) is 55.7 Å². The maximum Gasteiger partial charge on any atom is 0.573 e. The molecule has 0 radical (unpaired) electrons. The molecule has 10 heteroatoms. The van der Waals surface area contributed by atoms with E-state index in [0.29, 0.717) is 4.57 Å². The Labute approximate surface area is 139 Å². The molecule has 1 heterocycles. The van der Waals surface area contributed by atoms with Crippen molar-refractivity contribution in [3.8, 4) is 11.4 Å². The van der Waals surface area contributed by atoms with Crippen LogP contribution in [-0.2, 0) is 12.6 Å². The fourth-order valence-electron chi connectivity index (χ4n) is 2.24. The first-order valence-corrected chi connectivity index (χ1v) is 7.15. The van der Waals surface area contributed by atoms with Crippen molar-refractivity contribution in [2.75, 3.05) is 0 Å². The minimum absolute atomic E-state index is 0.0122. The Kier molecular flexibility index (Phi) is 4.41. The van der Waals surface area contributed by atoms with Gasteiger partial charge < -0.3 is 4.74 Å². The van der Waals surface area contributed by atoms with Crippen LogP contribution in [0, 0.1) is 0 Å². The summed E-state index contributed by atoms with van der Waals surface area (Å²) in [5, 5.41) is 0. The Hall–Kier alpha value is -2.78. The van der Waals surface area contributed by atoms with Crippen molar-refractivity contribution < 1.29 is 17.9 Å². The van der Waals surface area contributed by atoms with Gasteiger partial charge in [-0.25, -0.2) is 28.1 Å². The van der Waals surface area contributed by atoms with Gasteiger partial charge in [0.05, 0.1) is 5.69 Å². The van der Waals surface area contributed by atoms with E-state index >= 15 is 0 Å². The van der Waals surface area contributed by atoms with Crippen LogP contribution in [0.15, 0.2) is 38.6 Å². The second-order valence-corrected chi connectivity index (χ2v) is 6.29. The van der Waals surface area contributed by atoms with Gasteiger partial charge in [0.25, 0.3) is 0 Å². The average molecular weight is 359 g/mol. The smallest absolute Gasteiger partial charge is 0.406 e. The monoisotopic (exact) mass is 359 g/mol. The molecule has 0 atom stereocenters. The summed E-state index contributed by atoms with van der Waals surface area (Å²) < 4.78 is 42.7.